The first-order valence-electron chi connectivity index (χ1n) is 6.18. The van der Waals surface area contributed by atoms with Crippen LogP contribution in [-0.4, -0.2) is 24.1 Å². The van der Waals surface area contributed by atoms with Gasteiger partial charge in [0.15, 0.2) is 0 Å². The van der Waals surface area contributed by atoms with Gasteiger partial charge >= 0.3 is 11.9 Å². The molecule has 0 radical (unpaired) electrons. The Balaban J connectivity index is 4.15. The molecule has 100 valence electrons. The standard InChI is InChI=1S/C13H24O4/c1-6-10(8-9-11(14)16-7-2)12(15)17-13(3,4)5/h10H,6-9H2,1-5H3. The van der Waals surface area contributed by atoms with E-state index in [-0.39, 0.29) is 24.3 Å². The minimum atomic E-state index is -0.478. The summed E-state index contributed by atoms with van der Waals surface area (Å²) in [5.41, 5.74) is -0.478. The maximum absolute atomic E-state index is 11.8. The molecular weight excluding hydrogens is 220 g/mol. The summed E-state index contributed by atoms with van der Waals surface area (Å²) in [6.07, 6.45) is 1.43. The Bertz CT molecular complexity index is 253. The van der Waals surface area contributed by atoms with Crippen LogP contribution in [0, 0.1) is 5.92 Å². The van der Waals surface area contributed by atoms with E-state index in [1.54, 1.807) is 6.92 Å². The Morgan fingerprint density at radius 1 is 1.18 bits per heavy atom. The van der Waals surface area contributed by atoms with Gasteiger partial charge in [0.2, 0.25) is 0 Å². The van der Waals surface area contributed by atoms with Gasteiger partial charge in [0, 0.05) is 6.42 Å². The number of carbonyl (C=O) groups is 2. The molecule has 0 bridgehead atoms. The van der Waals surface area contributed by atoms with Crippen LogP contribution in [0.2, 0.25) is 0 Å². The van der Waals surface area contributed by atoms with Crippen molar-refractivity contribution in [1.82, 2.24) is 0 Å². The first kappa shape index (κ1) is 15.9. The smallest absolute Gasteiger partial charge is 0.309 e. The lowest BCUT2D eigenvalue weighted by Crippen LogP contribution is -2.29. The Labute approximate surface area is 104 Å². The monoisotopic (exact) mass is 244 g/mol. The van der Waals surface area contributed by atoms with Crippen molar-refractivity contribution >= 4 is 11.9 Å². The van der Waals surface area contributed by atoms with Crippen LogP contribution in [0.4, 0.5) is 0 Å². The molecule has 1 unspecified atom stereocenters. The lowest BCUT2D eigenvalue weighted by Gasteiger charge is -2.23. The fourth-order valence-corrected chi connectivity index (χ4v) is 1.40. The van der Waals surface area contributed by atoms with Crippen molar-refractivity contribution in [2.24, 2.45) is 5.92 Å². The zero-order valence-corrected chi connectivity index (χ0v) is 11.5. The van der Waals surface area contributed by atoms with Gasteiger partial charge < -0.3 is 9.47 Å². The van der Waals surface area contributed by atoms with Crippen molar-refractivity contribution in [3.8, 4) is 0 Å². The number of hydrogen-bond acceptors (Lipinski definition) is 4. The van der Waals surface area contributed by atoms with E-state index in [1.807, 2.05) is 27.7 Å². The maximum atomic E-state index is 11.8. The molecule has 0 saturated carbocycles. The van der Waals surface area contributed by atoms with E-state index in [0.717, 1.165) is 0 Å². The maximum Gasteiger partial charge on any atom is 0.309 e. The minimum Gasteiger partial charge on any atom is -0.466 e. The molecule has 0 saturated heterocycles. The highest BCUT2D eigenvalue weighted by Gasteiger charge is 2.24. The van der Waals surface area contributed by atoms with Crippen LogP contribution in [0.15, 0.2) is 0 Å². The Hall–Kier alpha value is -1.06. The van der Waals surface area contributed by atoms with Gasteiger partial charge in [0.25, 0.3) is 0 Å². The molecule has 0 aromatic carbocycles. The summed E-state index contributed by atoms with van der Waals surface area (Å²) in [4.78, 5) is 23.0. The summed E-state index contributed by atoms with van der Waals surface area (Å²) in [7, 11) is 0. The summed E-state index contributed by atoms with van der Waals surface area (Å²) >= 11 is 0. The minimum absolute atomic E-state index is 0.223. The van der Waals surface area contributed by atoms with E-state index in [1.165, 1.54) is 0 Å². The van der Waals surface area contributed by atoms with Crippen LogP contribution in [0.25, 0.3) is 0 Å². The van der Waals surface area contributed by atoms with Crippen molar-refractivity contribution in [1.29, 1.82) is 0 Å². The fourth-order valence-electron chi connectivity index (χ4n) is 1.40. The average Bonchev–Trinajstić information content (AvgIpc) is 2.16. The van der Waals surface area contributed by atoms with Gasteiger partial charge in [0.05, 0.1) is 12.5 Å². The zero-order valence-electron chi connectivity index (χ0n) is 11.5. The molecular formula is C13H24O4. The van der Waals surface area contributed by atoms with Crippen LogP contribution in [-0.2, 0) is 19.1 Å². The van der Waals surface area contributed by atoms with E-state index in [9.17, 15) is 9.59 Å². The van der Waals surface area contributed by atoms with Crippen molar-refractivity contribution in [2.75, 3.05) is 6.61 Å². The largest absolute Gasteiger partial charge is 0.466 e. The highest BCUT2D eigenvalue weighted by Crippen LogP contribution is 2.18. The van der Waals surface area contributed by atoms with E-state index in [4.69, 9.17) is 9.47 Å². The molecule has 0 N–H and O–H groups in total. The number of ether oxygens (including phenoxy) is 2. The van der Waals surface area contributed by atoms with E-state index in [2.05, 4.69) is 0 Å². The number of hydrogen-bond donors (Lipinski definition) is 0. The van der Waals surface area contributed by atoms with Crippen LogP contribution < -0.4 is 0 Å². The second-order valence-electron chi connectivity index (χ2n) is 4.98. The van der Waals surface area contributed by atoms with Crippen molar-refractivity contribution in [3.05, 3.63) is 0 Å². The predicted molar refractivity (Wildman–Crippen MR) is 65.5 cm³/mol. The van der Waals surface area contributed by atoms with E-state index in [0.29, 0.717) is 19.4 Å². The molecule has 0 aromatic heterocycles. The normalized spacial score (nSPS) is 13.0. The molecule has 0 fully saturated rings. The number of esters is 2. The molecule has 0 aliphatic rings. The summed E-state index contributed by atoms with van der Waals surface area (Å²) in [6, 6.07) is 0. The third-order valence-electron chi connectivity index (χ3n) is 2.24. The predicted octanol–water partition coefficient (Wildman–Crippen LogP) is 2.70. The molecule has 0 heterocycles. The van der Waals surface area contributed by atoms with Crippen LogP contribution >= 0.6 is 0 Å². The first-order chi connectivity index (χ1) is 7.80. The zero-order chi connectivity index (χ0) is 13.5. The molecule has 0 aliphatic heterocycles. The SMILES string of the molecule is CCOC(=O)CCC(CC)C(=O)OC(C)(C)C. The van der Waals surface area contributed by atoms with Gasteiger partial charge in [-0.15, -0.1) is 0 Å². The van der Waals surface area contributed by atoms with Crippen LogP contribution in [0.1, 0.15) is 53.9 Å². The summed E-state index contributed by atoms with van der Waals surface area (Å²) < 4.78 is 10.1. The Kier molecular flexibility index (Phi) is 6.85. The number of carbonyl (C=O) groups excluding carboxylic acids is 2. The van der Waals surface area contributed by atoms with Gasteiger partial charge in [-0.1, -0.05) is 6.92 Å². The average molecular weight is 244 g/mol. The fraction of sp³-hybridized carbons (Fsp3) is 0.846. The molecule has 0 rings (SSSR count). The molecule has 0 amide bonds. The topological polar surface area (TPSA) is 52.6 Å². The van der Waals surface area contributed by atoms with Crippen molar-refractivity contribution in [2.45, 2.75) is 59.5 Å². The Morgan fingerprint density at radius 3 is 2.18 bits per heavy atom. The lowest BCUT2D eigenvalue weighted by molar-refractivity contribution is -0.160. The van der Waals surface area contributed by atoms with Gasteiger partial charge in [-0.25, -0.2) is 0 Å². The highest BCUT2D eigenvalue weighted by molar-refractivity contribution is 5.74. The van der Waals surface area contributed by atoms with Crippen molar-refractivity contribution in [3.63, 3.8) is 0 Å². The van der Waals surface area contributed by atoms with Gasteiger partial charge in [-0.05, 0) is 40.5 Å². The second kappa shape index (κ2) is 7.30. The Morgan fingerprint density at radius 2 is 1.76 bits per heavy atom. The third kappa shape index (κ3) is 7.77. The first-order valence-corrected chi connectivity index (χ1v) is 6.18. The summed E-state index contributed by atoms with van der Waals surface area (Å²) in [5.74, 6) is -0.711. The molecule has 1 atom stereocenters. The molecule has 0 aliphatic carbocycles. The van der Waals surface area contributed by atoms with Gasteiger partial charge in [-0.2, -0.15) is 0 Å². The molecule has 0 spiro atoms. The third-order valence-corrected chi connectivity index (χ3v) is 2.24. The van der Waals surface area contributed by atoms with E-state index >= 15 is 0 Å². The molecule has 4 heteroatoms. The number of rotatable bonds is 6. The van der Waals surface area contributed by atoms with Gasteiger partial charge in [-0.3, -0.25) is 9.59 Å². The summed E-state index contributed by atoms with van der Waals surface area (Å²) in [6.45, 7) is 9.57. The summed E-state index contributed by atoms with van der Waals surface area (Å²) in [5, 5.41) is 0. The highest BCUT2D eigenvalue weighted by atomic mass is 16.6. The van der Waals surface area contributed by atoms with E-state index < -0.39 is 5.60 Å². The van der Waals surface area contributed by atoms with Crippen molar-refractivity contribution < 1.29 is 19.1 Å². The second-order valence-corrected chi connectivity index (χ2v) is 4.98. The quantitative estimate of drug-likeness (QED) is 0.674. The van der Waals surface area contributed by atoms with Crippen LogP contribution in [0.3, 0.4) is 0 Å². The molecule has 17 heavy (non-hydrogen) atoms. The molecule has 4 nitrogen and oxygen atoms in total. The lowest BCUT2D eigenvalue weighted by atomic mass is 10.00. The van der Waals surface area contributed by atoms with Gasteiger partial charge in [0.1, 0.15) is 5.60 Å². The van der Waals surface area contributed by atoms with Crippen LogP contribution in [0.5, 0.6) is 0 Å². The molecule has 0 aromatic rings.